The molecular formula is C40H35N5O6S2. The van der Waals surface area contributed by atoms with Crippen LogP contribution in [0.1, 0.15) is 38.3 Å². The molecule has 11 nitrogen and oxygen atoms in total. The van der Waals surface area contributed by atoms with Gasteiger partial charge < -0.3 is 24.2 Å². The number of thiazole rings is 2. The molecule has 1 fully saturated rings. The summed E-state index contributed by atoms with van der Waals surface area (Å²) >= 11 is 2.69. The van der Waals surface area contributed by atoms with Gasteiger partial charge in [0.05, 0.1) is 30.0 Å². The Balaban J connectivity index is 0.964. The first-order valence-electron chi connectivity index (χ1n) is 17.4. The summed E-state index contributed by atoms with van der Waals surface area (Å²) in [5.41, 5.74) is 4.13. The Hall–Kier alpha value is -5.52. The fourth-order valence-corrected chi connectivity index (χ4v) is 8.27. The molecule has 53 heavy (non-hydrogen) atoms. The molecule has 1 amide bonds. The number of amides is 1. The van der Waals surface area contributed by atoms with Crippen LogP contribution in [0.25, 0.3) is 21.0 Å². The summed E-state index contributed by atoms with van der Waals surface area (Å²) < 4.78 is 17.5. The van der Waals surface area contributed by atoms with Gasteiger partial charge in [0.2, 0.25) is 0 Å². The number of nitrogens with zero attached hydrogens (tertiary/aromatic N) is 4. The largest absolute Gasteiger partial charge is 0.512 e. The number of anilines is 2. The number of hydrogen-bond acceptors (Lipinski definition) is 11. The van der Waals surface area contributed by atoms with Crippen LogP contribution in [0.2, 0.25) is 0 Å². The molecule has 0 radical (unpaired) electrons. The van der Waals surface area contributed by atoms with E-state index in [1.54, 1.807) is 0 Å². The van der Waals surface area contributed by atoms with Crippen LogP contribution in [0.5, 0.6) is 11.6 Å². The highest BCUT2D eigenvalue weighted by Gasteiger charge is 2.26. The molecule has 0 bridgehead atoms. The van der Waals surface area contributed by atoms with Gasteiger partial charge >= 0.3 is 6.16 Å². The minimum atomic E-state index is -1.47. The van der Waals surface area contributed by atoms with Crippen LogP contribution in [0.15, 0.2) is 78.9 Å². The Morgan fingerprint density at radius 3 is 2.64 bits per heavy atom. The number of morpholine rings is 1. The Bertz CT molecular complexity index is 2340. The molecule has 0 unspecified atom stereocenters. The van der Waals surface area contributed by atoms with Crippen LogP contribution >= 0.6 is 22.7 Å². The van der Waals surface area contributed by atoms with Gasteiger partial charge in [-0.25, -0.2) is 9.78 Å². The van der Waals surface area contributed by atoms with Crippen molar-refractivity contribution in [2.75, 3.05) is 56.2 Å². The van der Waals surface area contributed by atoms with E-state index in [1.807, 2.05) is 83.8 Å². The lowest BCUT2D eigenvalue weighted by atomic mass is 9.94. The van der Waals surface area contributed by atoms with E-state index in [4.69, 9.17) is 14.2 Å². The summed E-state index contributed by atoms with van der Waals surface area (Å²) in [7, 11) is 0. The Labute approximate surface area is 313 Å². The Morgan fingerprint density at radius 1 is 0.925 bits per heavy atom. The third-order valence-corrected chi connectivity index (χ3v) is 11.2. The van der Waals surface area contributed by atoms with Gasteiger partial charge in [0, 0.05) is 43.9 Å². The maximum Gasteiger partial charge on any atom is 0.512 e. The van der Waals surface area contributed by atoms with E-state index in [2.05, 4.69) is 32.0 Å². The van der Waals surface area contributed by atoms with Crippen LogP contribution in [-0.2, 0) is 17.7 Å². The second-order valence-corrected chi connectivity index (χ2v) is 14.7. The fraction of sp³-hybridized carbons (Fsp3) is 0.250. The molecular weight excluding hydrogens is 711 g/mol. The van der Waals surface area contributed by atoms with E-state index in [9.17, 15) is 14.7 Å². The average molecular weight is 746 g/mol. The zero-order valence-electron chi connectivity index (χ0n) is 28.7. The monoisotopic (exact) mass is 745 g/mol. The highest BCUT2D eigenvalue weighted by atomic mass is 32.1. The van der Waals surface area contributed by atoms with Gasteiger partial charge in [0.1, 0.15) is 10.6 Å². The molecule has 8 rings (SSSR count). The molecule has 2 aromatic heterocycles. The molecule has 2 aliphatic rings. The number of ether oxygens (including phenoxy) is 3. The lowest BCUT2D eigenvalue weighted by Crippen LogP contribution is -2.37. The number of rotatable bonds is 9. The van der Waals surface area contributed by atoms with Gasteiger partial charge in [0.15, 0.2) is 10.3 Å². The van der Waals surface area contributed by atoms with Gasteiger partial charge in [-0.1, -0.05) is 65.0 Å². The van der Waals surface area contributed by atoms with Crippen LogP contribution in [0, 0.1) is 11.8 Å². The van der Waals surface area contributed by atoms with E-state index in [0.717, 1.165) is 82.7 Å². The number of carbonyl (C=O) groups is 2. The topological polar surface area (TPSA) is 126 Å². The third kappa shape index (κ3) is 8.11. The highest BCUT2D eigenvalue weighted by Crippen LogP contribution is 2.35. The number of nitrogens with one attached hydrogen (secondary N) is 1. The lowest BCUT2D eigenvalue weighted by molar-refractivity contribution is 0.0358. The summed E-state index contributed by atoms with van der Waals surface area (Å²) in [6, 6.07) is 25.4. The van der Waals surface area contributed by atoms with Crippen molar-refractivity contribution in [3.05, 3.63) is 106 Å². The van der Waals surface area contributed by atoms with Crippen molar-refractivity contribution < 1.29 is 28.9 Å². The van der Waals surface area contributed by atoms with Crippen LogP contribution in [-0.4, -0.2) is 78.0 Å². The summed E-state index contributed by atoms with van der Waals surface area (Å²) in [5.74, 6) is 6.80. The van der Waals surface area contributed by atoms with E-state index >= 15 is 0 Å². The first-order valence-corrected chi connectivity index (χ1v) is 19.0. The van der Waals surface area contributed by atoms with E-state index < -0.39 is 6.16 Å². The number of benzene rings is 4. The number of aromatic nitrogens is 2. The maximum atomic E-state index is 13.5. The number of para-hydroxylation sites is 1. The molecule has 2 aliphatic heterocycles. The summed E-state index contributed by atoms with van der Waals surface area (Å²) in [4.78, 5) is 39.1. The minimum absolute atomic E-state index is 0.0612. The van der Waals surface area contributed by atoms with Gasteiger partial charge in [-0.15, -0.1) is 0 Å². The second-order valence-electron chi connectivity index (χ2n) is 12.7. The normalized spacial score (nSPS) is 14.4. The van der Waals surface area contributed by atoms with Crippen LogP contribution < -0.4 is 19.7 Å². The molecule has 0 aliphatic carbocycles. The van der Waals surface area contributed by atoms with Gasteiger partial charge in [-0.2, -0.15) is 4.98 Å². The van der Waals surface area contributed by atoms with Gasteiger partial charge in [-0.05, 0) is 83.1 Å². The van der Waals surface area contributed by atoms with Crippen molar-refractivity contribution in [1.82, 2.24) is 14.9 Å². The first kappa shape index (κ1) is 34.6. The molecule has 0 atom stereocenters. The van der Waals surface area contributed by atoms with E-state index in [1.165, 1.54) is 22.7 Å². The minimum Gasteiger partial charge on any atom is -0.494 e. The Kier molecular flexibility index (Phi) is 10.2. The van der Waals surface area contributed by atoms with Crippen molar-refractivity contribution in [3.8, 4) is 23.5 Å². The predicted octanol–water partition coefficient (Wildman–Crippen LogP) is 7.28. The quantitative estimate of drug-likeness (QED) is 0.0886. The van der Waals surface area contributed by atoms with Crippen molar-refractivity contribution in [3.63, 3.8) is 0 Å². The molecule has 2 N–H and O–H groups in total. The number of carbonyl (C=O) groups excluding carboxylic acids is 1. The Morgan fingerprint density at radius 2 is 1.77 bits per heavy atom. The second kappa shape index (κ2) is 15.6. The summed E-state index contributed by atoms with van der Waals surface area (Å²) in [5, 5.41) is 15.6. The zero-order chi connectivity index (χ0) is 36.1. The van der Waals surface area contributed by atoms with Gasteiger partial charge in [-0.3, -0.25) is 15.0 Å². The van der Waals surface area contributed by atoms with E-state index in [-0.39, 0.29) is 11.8 Å². The number of carboxylic acid groups (broad SMARTS) is 1. The predicted molar refractivity (Wildman–Crippen MR) is 207 cm³/mol. The first-order chi connectivity index (χ1) is 25.9. The van der Waals surface area contributed by atoms with Crippen molar-refractivity contribution in [2.45, 2.75) is 19.4 Å². The molecule has 6 aromatic rings. The molecule has 0 spiro atoms. The average Bonchev–Trinajstić information content (AvgIpc) is 3.78. The summed E-state index contributed by atoms with van der Waals surface area (Å²) in [6.45, 7) is 6.23. The number of hydrogen-bond donors (Lipinski definition) is 2. The third-order valence-electron chi connectivity index (χ3n) is 9.19. The summed E-state index contributed by atoms with van der Waals surface area (Å²) in [6.07, 6.45) is 0.174. The SMILES string of the molecule is O=C(O)Oc1nc(N2CCc3cccc(C(=O)Nc4nc5ccccc5s4)c3C2)sc1C#Cc1ccc2cc(OCCCN3CCOCC3)ccc2c1. The van der Waals surface area contributed by atoms with Crippen LogP contribution in [0.3, 0.4) is 0 Å². The molecule has 13 heteroatoms. The highest BCUT2D eigenvalue weighted by molar-refractivity contribution is 7.22. The van der Waals surface area contributed by atoms with Crippen molar-refractivity contribution in [1.29, 1.82) is 0 Å². The van der Waals surface area contributed by atoms with Gasteiger partial charge in [0.25, 0.3) is 11.8 Å². The number of fused-ring (bicyclic) bond motifs is 3. The van der Waals surface area contributed by atoms with E-state index in [0.29, 0.717) is 46.8 Å². The molecule has 268 valence electrons. The lowest BCUT2D eigenvalue weighted by Gasteiger charge is -2.29. The standard InChI is InChI=1S/C40H35N5O6S2/c46-36(42-38-41-33-7-1-2-8-34(33)52-38)31-6-3-5-27-15-17-45(25-32(27)31)39-43-37(51-40(47)48)35(53-39)14-10-26-9-11-29-24-30(13-12-28(29)23-26)50-20-4-16-44-18-21-49-22-19-44/h1-3,5-9,11-13,23-24H,4,15-22,25H2,(H,47,48)(H,41,42,46). The zero-order valence-corrected chi connectivity index (χ0v) is 30.3. The van der Waals surface area contributed by atoms with Crippen molar-refractivity contribution in [2.24, 2.45) is 0 Å². The van der Waals surface area contributed by atoms with Crippen molar-refractivity contribution >= 4 is 66.0 Å². The molecule has 1 saturated heterocycles. The molecule has 0 saturated carbocycles. The maximum absolute atomic E-state index is 13.5. The molecule has 4 heterocycles. The smallest absolute Gasteiger partial charge is 0.494 e. The van der Waals surface area contributed by atoms with Crippen LogP contribution in [0.4, 0.5) is 15.1 Å². The fourth-order valence-electron chi connectivity index (χ4n) is 6.53. The molecule has 4 aromatic carbocycles.